The van der Waals surface area contributed by atoms with Crippen LogP contribution >= 0.6 is 34.0 Å². The maximum Gasteiger partial charge on any atom is 0.226 e. The van der Waals surface area contributed by atoms with Crippen molar-refractivity contribution in [1.82, 2.24) is 19.6 Å². The van der Waals surface area contributed by atoms with Crippen LogP contribution in [0.3, 0.4) is 0 Å². The summed E-state index contributed by atoms with van der Waals surface area (Å²) in [5, 5.41) is 0. The Morgan fingerprint density at radius 3 is 1.33 bits per heavy atom. The van der Waals surface area contributed by atoms with Crippen LogP contribution in [0.25, 0.3) is 0 Å². The third kappa shape index (κ3) is 9.10. The molecule has 3 rings (SSSR count). The molecular formula is C28H48Br2N4O2. The summed E-state index contributed by atoms with van der Waals surface area (Å²) in [6.45, 7) is 17.2. The van der Waals surface area contributed by atoms with E-state index < -0.39 is 0 Å². The number of benzene rings is 1. The quantitative estimate of drug-likeness (QED) is 0.365. The zero-order chi connectivity index (χ0) is 24.5. The summed E-state index contributed by atoms with van der Waals surface area (Å²) < 4.78 is 0. The molecule has 8 heteroatoms. The molecule has 1 aromatic rings. The summed E-state index contributed by atoms with van der Waals surface area (Å²) in [6.07, 6.45) is 4.22. The molecule has 1 aromatic carbocycles. The van der Waals surface area contributed by atoms with E-state index in [1.807, 2.05) is 9.80 Å². The normalized spacial score (nSPS) is 20.7. The molecular weight excluding hydrogens is 584 g/mol. The first kappa shape index (κ1) is 33.1. The first-order valence-electron chi connectivity index (χ1n) is 13.6. The van der Waals surface area contributed by atoms with Gasteiger partial charge < -0.3 is 9.80 Å². The van der Waals surface area contributed by atoms with Crippen molar-refractivity contribution in [1.29, 1.82) is 0 Å². The number of likely N-dealkylation sites (tertiary alicyclic amines) is 2. The zero-order valence-corrected chi connectivity index (χ0v) is 26.2. The van der Waals surface area contributed by atoms with Gasteiger partial charge in [-0.05, 0) is 77.6 Å². The molecule has 0 bridgehead atoms. The van der Waals surface area contributed by atoms with Gasteiger partial charge in [0, 0.05) is 52.4 Å². The smallest absolute Gasteiger partial charge is 0.226 e. The van der Waals surface area contributed by atoms with E-state index in [9.17, 15) is 9.59 Å². The monoisotopic (exact) mass is 630 g/mol. The highest BCUT2D eigenvalue weighted by Gasteiger charge is 2.29. The molecule has 0 radical (unpaired) electrons. The number of halogens is 2. The molecule has 6 nitrogen and oxygen atoms in total. The molecule has 2 atom stereocenters. The first-order valence-corrected chi connectivity index (χ1v) is 13.6. The van der Waals surface area contributed by atoms with E-state index in [1.165, 1.54) is 11.1 Å². The molecule has 2 unspecified atom stereocenters. The summed E-state index contributed by atoms with van der Waals surface area (Å²) in [5.74, 6) is 0.923. The second-order valence-electron chi connectivity index (χ2n) is 9.99. The highest BCUT2D eigenvalue weighted by Crippen LogP contribution is 2.23. The third-order valence-electron chi connectivity index (χ3n) is 7.70. The van der Waals surface area contributed by atoms with Gasteiger partial charge in [-0.25, -0.2) is 0 Å². The fraction of sp³-hybridized carbons (Fsp3) is 0.714. The van der Waals surface area contributed by atoms with Gasteiger partial charge in [0.2, 0.25) is 11.8 Å². The van der Waals surface area contributed by atoms with Crippen molar-refractivity contribution in [2.24, 2.45) is 11.8 Å². The van der Waals surface area contributed by atoms with Crippen molar-refractivity contribution >= 4 is 45.8 Å². The Labute approximate surface area is 240 Å². The van der Waals surface area contributed by atoms with Gasteiger partial charge in [-0.15, -0.1) is 34.0 Å². The van der Waals surface area contributed by atoms with Crippen molar-refractivity contribution in [3.8, 4) is 0 Å². The predicted molar refractivity (Wildman–Crippen MR) is 159 cm³/mol. The summed E-state index contributed by atoms with van der Waals surface area (Å²) >= 11 is 0. The second kappa shape index (κ2) is 16.8. The van der Waals surface area contributed by atoms with E-state index in [2.05, 4.69) is 61.8 Å². The summed E-state index contributed by atoms with van der Waals surface area (Å²) in [4.78, 5) is 34.4. The van der Waals surface area contributed by atoms with E-state index in [-0.39, 0.29) is 45.8 Å². The molecule has 2 aliphatic heterocycles. The molecule has 0 spiro atoms. The second-order valence-corrected chi connectivity index (χ2v) is 9.99. The number of carbonyl (C=O) groups is 2. The molecule has 2 heterocycles. The average molecular weight is 633 g/mol. The van der Waals surface area contributed by atoms with Crippen LogP contribution < -0.4 is 0 Å². The lowest BCUT2D eigenvalue weighted by Crippen LogP contribution is -2.44. The van der Waals surface area contributed by atoms with E-state index in [4.69, 9.17) is 0 Å². The minimum Gasteiger partial charge on any atom is -0.343 e. The van der Waals surface area contributed by atoms with Gasteiger partial charge in [0.05, 0.1) is 11.8 Å². The minimum absolute atomic E-state index is 0. The largest absolute Gasteiger partial charge is 0.343 e. The standard InChI is InChI=1S/C28H46N4O2.2BrH/c1-5-31(6-2)27(33)25-11-9-17-29(21-25)19-23-13-15-24(16-14-23)20-30-18-10-12-26(22-30)28(34)32(7-3)8-4;;/h13-16,25-26H,5-12,17-22H2,1-4H3;2*1H. The Morgan fingerprint density at radius 1 is 0.694 bits per heavy atom. The molecule has 2 fully saturated rings. The molecule has 0 aromatic heterocycles. The van der Waals surface area contributed by atoms with Crippen molar-refractivity contribution in [2.45, 2.75) is 66.5 Å². The molecule has 206 valence electrons. The van der Waals surface area contributed by atoms with Crippen LogP contribution in [-0.4, -0.2) is 83.8 Å². The first-order chi connectivity index (χ1) is 16.5. The molecule has 0 aliphatic carbocycles. The molecule has 2 amide bonds. The Morgan fingerprint density at radius 2 is 1.03 bits per heavy atom. The van der Waals surface area contributed by atoms with Gasteiger partial charge in [-0.2, -0.15) is 0 Å². The Hall–Kier alpha value is -0.960. The van der Waals surface area contributed by atoms with Crippen LogP contribution in [0.1, 0.15) is 64.5 Å². The number of piperidine rings is 2. The summed E-state index contributed by atoms with van der Waals surface area (Å²) in [7, 11) is 0. The van der Waals surface area contributed by atoms with Crippen LogP contribution in [-0.2, 0) is 22.7 Å². The van der Waals surface area contributed by atoms with Crippen LogP contribution in [0.2, 0.25) is 0 Å². The maximum absolute atomic E-state index is 12.8. The molecule has 2 aliphatic rings. The highest BCUT2D eigenvalue weighted by molar-refractivity contribution is 8.93. The van der Waals surface area contributed by atoms with E-state index in [0.717, 1.165) is 91.1 Å². The van der Waals surface area contributed by atoms with Gasteiger partial charge in [0.25, 0.3) is 0 Å². The highest BCUT2D eigenvalue weighted by atomic mass is 79.9. The third-order valence-corrected chi connectivity index (χ3v) is 7.70. The lowest BCUT2D eigenvalue weighted by atomic mass is 9.95. The van der Waals surface area contributed by atoms with Crippen molar-refractivity contribution in [3.05, 3.63) is 35.4 Å². The fourth-order valence-electron chi connectivity index (χ4n) is 5.65. The summed E-state index contributed by atoms with van der Waals surface area (Å²) in [6, 6.07) is 8.97. The Kier molecular flexibility index (Phi) is 15.4. The molecule has 0 saturated carbocycles. The van der Waals surface area contributed by atoms with E-state index in [0.29, 0.717) is 11.8 Å². The van der Waals surface area contributed by atoms with Gasteiger partial charge in [-0.1, -0.05) is 24.3 Å². The number of rotatable bonds is 10. The fourth-order valence-corrected chi connectivity index (χ4v) is 5.65. The SMILES string of the molecule is Br.Br.CCN(CC)C(=O)C1CCCN(Cc2ccc(CN3CCCC(C(=O)N(CC)CC)C3)cc2)C1. The minimum atomic E-state index is 0. The van der Waals surface area contributed by atoms with Gasteiger partial charge in [-0.3, -0.25) is 19.4 Å². The van der Waals surface area contributed by atoms with Gasteiger partial charge in [0.1, 0.15) is 0 Å². The topological polar surface area (TPSA) is 47.1 Å². The lowest BCUT2D eigenvalue weighted by molar-refractivity contribution is -0.137. The number of hydrogen-bond donors (Lipinski definition) is 0. The number of nitrogens with zero attached hydrogens (tertiary/aromatic N) is 4. The van der Waals surface area contributed by atoms with Gasteiger partial charge >= 0.3 is 0 Å². The summed E-state index contributed by atoms with van der Waals surface area (Å²) in [5.41, 5.74) is 2.63. The maximum atomic E-state index is 12.8. The van der Waals surface area contributed by atoms with Crippen LogP contribution in [0.5, 0.6) is 0 Å². The van der Waals surface area contributed by atoms with Crippen molar-refractivity contribution in [3.63, 3.8) is 0 Å². The number of carbonyl (C=O) groups excluding carboxylic acids is 2. The van der Waals surface area contributed by atoms with Crippen LogP contribution in [0, 0.1) is 11.8 Å². The average Bonchev–Trinajstić information content (AvgIpc) is 2.87. The zero-order valence-electron chi connectivity index (χ0n) is 22.8. The molecule has 36 heavy (non-hydrogen) atoms. The van der Waals surface area contributed by atoms with Crippen molar-refractivity contribution < 1.29 is 9.59 Å². The number of hydrogen-bond acceptors (Lipinski definition) is 4. The molecule has 0 N–H and O–H groups in total. The molecule has 2 saturated heterocycles. The van der Waals surface area contributed by atoms with Crippen molar-refractivity contribution in [2.75, 3.05) is 52.4 Å². The van der Waals surface area contributed by atoms with E-state index in [1.54, 1.807) is 0 Å². The van der Waals surface area contributed by atoms with E-state index >= 15 is 0 Å². The number of amides is 2. The predicted octanol–water partition coefficient (Wildman–Crippen LogP) is 5.00. The van der Waals surface area contributed by atoms with Crippen LogP contribution in [0.4, 0.5) is 0 Å². The van der Waals surface area contributed by atoms with Crippen LogP contribution in [0.15, 0.2) is 24.3 Å². The Balaban J connectivity index is 0.00000324. The Bertz CT molecular complexity index is 719. The van der Waals surface area contributed by atoms with Gasteiger partial charge in [0.15, 0.2) is 0 Å². The lowest BCUT2D eigenvalue weighted by Gasteiger charge is -2.35.